The molecule has 1 aromatic carbocycles. The van der Waals surface area contributed by atoms with Gasteiger partial charge in [-0.05, 0) is 82.3 Å². The third kappa shape index (κ3) is 6.89. The van der Waals surface area contributed by atoms with Gasteiger partial charge in [0.05, 0.1) is 5.54 Å². The van der Waals surface area contributed by atoms with E-state index in [9.17, 15) is 9.59 Å². The van der Waals surface area contributed by atoms with Gasteiger partial charge in [0.25, 0.3) is 0 Å². The van der Waals surface area contributed by atoms with Crippen molar-refractivity contribution in [2.45, 2.75) is 57.6 Å². The summed E-state index contributed by atoms with van der Waals surface area (Å²) in [5.41, 5.74) is 0.822. The maximum absolute atomic E-state index is 13.4. The third-order valence-electron chi connectivity index (χ3n) is 5.64. The minimum Gasteiger partial charge on any atom is -0.478 e. The zero-order valence-corrected chi connectivity index (χ0v) is 19.6. The number of carbonyl (C=O) groups excluding carboxylic acids is 1. The second kappa shape index (κ2) is 10.6. The Morgan fingerprint density at radius 2 is 1.97 bits per heavy atom. The molecular weight excluding hydrogens is 418 g/mol. The van der Waals surface area contributed by atoms with Crippen LogP contribution in [0.2, 0.25) is 0 Å². The molecule has 7 nitrogen and oxygen atoms in total. The fraction of sp³-hybridized carbons (Fsp3) is 0.423. The van der Waals surface area contributed by atoms with E-state index in [4.69, 9.17) is 9.84 Å². The number of nitrogens with one attached hydrogen (secondary N) is 1. The van der Waals surface area contributed by atoms with Crippen molar-refractivity contribution in [3.05, 3.63) is 65.9 Å². The maximum atomic E-state index is 13.4. The number of carbonyl (C=O) groups is 2. The number of rotatable bonds is 8. The van der Waals surface area contributed by atoms with Crippen LogP contribution in [0.5, 0.6) is 0 Å². The van der Waals surface area contributed by atoms with Crippen molar-refractivity contribution in [1.82, 2.24) is 10.3 Å². The van der Waals surface area contributed by atoms with Gasteiger partial charge in [-0.1, -0.05) is 30.3 Å². The molecule has 3 rings (SSSR count). The van der Waals surface area contributed by atoms with E-state index in [0.717, 1.165) is 38.3 Å². The number of carboxylic acids is 1. The summed E-state index contributed by atoms with van der Waals surface area (Å²) in [5.74, 6) is -0.524. The highest BCUT2D eigenvalue weighted by molar-refractivity contribution is 5.89. The second-order valence-electron chi connectivity index (χ2n) is 9.43. The van der Waals surface area contributed by atoms with E-state index < -0.39 is 23.2 Å². The van der Waals surface area contributed by atoms with Gasteiger partial charge in [-0.15, -0.1) is 0 Å². The topological polar surface area (TPSA) is 91.8 Å². The van der Waals surface area contributed by atoms with Crippen LogP contribution < -0.4 is 10.2 Å². The van der Waals surface area contributed by atoms with Gasteiger partial charge in [0, 0.05) is 18.8 Å². The molecule has 0 unspecified atom stereocenters. The number of hydrogen-bond acceptors (Lipinski definition) is 5. The standard InChI is InChI=1S/C26H33N3O4/c1-25(2,3)33-24(32)29(22-13-11-21(18-28-22)12-14-23(30)31)26(16-17-27-19-26)15-7-10-20-8-5-4-6-9-20/h4-6,8-9,11-14,18,27H,7,10,15-17,19H2,1-3H3,(H,30,31)/b14-12+/t26-/m1/s1. The van der Waals surface area contributed by atoms with Crippen molar-refractivity contribution in [3.63, 3.8) is 0 Å². The van der Waals surface area contributed by atoms with Gasteiger partial charge in [0.1, 0.15) is 11.4 Å². The Kier molecular flexibility index (Phi) is 7.87. The summed E-state index contributed by atoms with van der Waals surface area (Å²) in [6.07, 6.45) is 7.14. The quantitative estimate of drug-likeness (QED) is 0.567. The normalized spacial score (nSPS) is 18.4. The van der Waals surface area contributed by atoms with Gasteiger partial charge < -0.3 is 15.2 Å². The van der Waals surface area contributed by atoms with Gasteiger partial charge in [0.2, 0.25) is 0 Å². The smallest absolute Gasteiger partial charge is 0.416 e. The molecule has 1 aliphatic heterocycles. The van der Waals surface area contributed by atoms with Gasteiger partial charge in [-0.3, -0.25) is 4.90 Å². The summed E-state index contributed by atoms with van der Waals surface area (Å²) >= 11 is 0. The number of aromatic nitrogens is 1. The molecule has 1 saturated heterocycles. The molecule has 1 fully saturated rings. The summed E-state index contributed by atoms with van der Waals surface area (Å²) in [6.45, 7) is 7.02. The van der Waals surface area contributed by atoms with Crippen molar-refractivity contribution < 1.29 is 19.4 Å². The molecule has 2 N–H and O–H groups in total. The molecule has 0 bridgehead atoms. The van der Waals surface area contributed by atoms with Crippen LogP contribution in [0.15, 0.2) is 54.7 Å². The van der Waals surface area contributed by atoms with Crippen LogP contribution in [-0.4, -0.2) is 46.4 Å². The first-order valence-corrected chi connectivity index (χ1v) is 11.3. The van der Waals surface area contributed by atoms with Gasteiger partial charge in [0.15, 0.2) is 0 Å². The molecule has 176 valence electrons. The highest BCUT2D eigenvalue weighted by Gasteiger charge is 2.45. The van der Waals surface area contributed by atoms with E-state index in [1.807, 2.05) is 39.0 Å². The van der Waals surface area contributed by atoms with E-state index in [2.05, 4.69) is 22.4 Å². The van der Waals surface area contributed by atoms with Crippen molar-refractivity contribution in [2.75, 3.05) is 18.0 Å². The minimum atomic E-state index is -1.02. The monoisotopic (exact) mass is 451 g/mol. The Balaban J connectivity index is 1.88. The lowest BCUT2D eigenvalue weighted by molar-refractivity contribution is -0.131. The first kappa shape index (κ1) is 24.5. The van der Waals surface area contributed by atoms with E-state index in [0.29, 0.717) is 17.9 Å². The molecular formula is C26H33N3O4. The molecule has 7 heteroatoms. The Morgan fingerprint density at radius 3 is 2.55 bits per heavy atom. The Morgan fingerprint density at radius 1 is 1.21 bits per heavy atom. The molecule has 0 aliphatic carbocycles. The predicted molar refractivity (Wildman–Crippen MR) is 129 cm³/mol. The summed E-state index contributed by atoms with van der Waals surface area (Å²) < 4.78 is 5.79. The highest BCUT2D eigenvalue weighted by atomic mass is 16.6. The van der Waals surface area contributed by atoms with Crippen LogP contribution in [0.1, 0.15) is 51.2 Å². The average molecular weight is 452 g/mol. The van der Waals surface area contributed by atoms with Crippen LogP contribution in [0.25, 0.3) is 6.08 Å². The number of anilines is 1. The Hall–Kier alpha value is -3.19. The molecule has 2 aromatic rings. The first-order chi connectivity index (χ1) is 15.7. The molecule has 33 heavy (non-hydrogen) atoms. The van der Waals surface area contributed by atoms with Crippen LogP contribution in [-0.2, 0) is 16.0 Å². The number of hydrogen-bond donors (Lipinski definition) is 2. The van der Waals surface area contributed by atoms with Crippen LogP contribution in [0.3, 0.4) is 0 Å². The molecule has 0 saturated carbocycles. The molecule has 0 radical (unpaired) electrons. The molecule has 2 heterocycles. The summed E-state index contributed by atoms with van der Waals surface area (Å²) in [6, 6.07) is 13.9. The van der Waals surface area contributed by atoms with Crippen molar-refractivity contribution in [2.24, 2.45) is 0 Å². The fourth-order valence-electron chi connectivity index (χ4n) is 4.15. The fourth-order valence-corrected chi connectivity index (χ4v) is 4.15. The van der Waals surface area contributed by atoms with Gasteiger partial charge in [-0.25, -0.2) is 14.6 Å². The van der Waals surface area contributed by atoms with E-state index in [-0.39, 0.29) is 0 Å². The number of aliphatic carboxylic acids is 1. The Bertz CT molecular complexity index is 959. The van der Waals surface area contributed by atoms with Crippen molar-refractivity contribution >= 4 is 24.0 Å². The SMILES string of the molecule is CC(C)(C)OC(=O)N(c1ccc(/C=C/C(=O)O)cn1)[C@]1(CCCc2ccccc2)CCNC1. The number of amides is 1. The number of nitrogens with zero attached hydrogens (tertiary/aromatic N) is 2. The molecule has 1 aromatic heterocycles. The summed E-state index contributed by atoms with van der Waals surface area (Å²) in [5, 5.41) is 12.3. The largest absolute Gasteiger partial charge is 0.478 e. The third-order valence-corrected chi connectivity index (χ3v) is 5.64. The number of carboxylic acid groups (broad SMARTS) is 1. The van der Waals surface area contributed by atoms with E-state index in [1.165, 1.54) is 11.6 Å². The lowest BCUT2D eigenvalue weighted by Gasteiger charge is -2.40. The Labute approximate surface area is 195 Å². The van der Waals surface area contributed by atoms with Crippen LogP contribution in [0, 0.1) is 0 Å². The van der Waals surface area contributed by atoms with Crippen molar-refractivity contribution in [1.29, 1.82) is 0 Å². The highest BCUT2D eigenvalue weighted by Crippen LogP contribution is 2.34. The van der Waals surface area contributed by atoms with Crippen molar-refractivity contribution in [3.8, 4) is 0 Å². The minimum absolute atomic E-state index is 0.424. The van der Waals surface area contributed by atoms with E-state index >= 15 is 0 Å². The van der Waals surface area contributed by atoms with Gasteiger partial charge >= 0.3 is 12.1 Å². The van der Waals surface area contributed by atoms with Crippen LogP contribution in [0.4, 0.5) is 10.6 Å². The number of aryl methyl sites for hydroxylation is 1. The number of pyridine rings is 1. The first-order valence-electron chi connectivity index (χ1n) is 11.3. The summed E-state index contributed by atoms with van der Waals surface area (Å²) in [4.78, 5) is 30.5. The maximum Gasteiger partial charge on any atom is 0.416 e. The molecule has 1 amide bonds. The lowest BCUT2D eigenvalue weighted by Crippen LogP contribution is -2.55. The van der Waals surface area contributed by atoms with Gasteiger partial charge in [-0.2, -0.15) is 0 Å². The average Bonchev–Trinajstić information content (AvgIpc) is 3.22. The molecule has 1 aliphatic rings. The van der Waals surface area contributed by atoms with Crippen LogP contribution >= 0.6 is 0 Å². The van der Waals surface area contributed by atoms with E-state index in [1.54, 1.807) is 23.2 Å². The predicted octanol–water partition coefficient (Wildman–Crippen LogP) is 4.68. The molecule has 0 spiro atoms. The number of benzene rings is 1. The zero-order valence-electron chi connectivity index (χ0n) is 19.6. The molecule has 1 atom stereocenters. The second-order valence-corrected chi connectivity index (χ2v) is 9.43. The lowest BCUT2D eigenvalue weighted by atomic mass is 9.88. The number of ether oxygens (including phenoxy) is 1. The zero-order chi connectivity index (χ0) is 23.9. The summed E-state index contributed by atoms with van der Waals surface area (Å²) in [7, 11) is 0.